The summed E-state index contributed by atoms with van der Waals surface area (Å²) < 4.78 is 4.51. The SMILES string of the molecule is CCCCC(CC)c1n(C)cc[n+]1C. The van der Waals surface area contributed by atoms with Crippen molar-refractivity contribution in [3.8, 4) is 0 Å². The zero-order valence-electron chi connectivity index (χ0n) is 9.95. The van der Waals surface area contributed by atoms with Gasteiger partial charge >= 0.3 is 0 Å². The van der Waals surface area contributed by atoms with Crippen LogP contribution in [0, 0.1) is 0 Å². The van der Waals surface area contributed by atoms with Crippen molar-refractivity contribution in [2.24, 2.45) is 14.1 Å². The number of hydrogen-bond acceptors (Lipinski definition) is 0. The third-order valence-corrected chi connectivity index (χ3v) is 3.00. The zero-order chi connectivity index (χ0) is 10.6. The molecule has 1 rings (SSSR count). The number of rotatable bonds is 5. The molecule has 1 atom stereocenters. The molecule has 2 heteroatoms. The lowest BCUT2D eigenvalue weighted by Crippen LogP contribution is -2.33. The van der Waals surface area contributed by atoms with Gasteiger partial charge < -0.3 is 0 Å². The second-order valence-corrected chi connectivity index (χ2v) is 4.13. The lowest BCUT2D eigenvalue weighted by atomic mass is 9.98. The molecule has 0 bridgehead atoms. The van der Waals surface area contributed by atoms with Gasteiger partial charge in [0, 0.05) is 0 Å². The second kappa shape index (κ2) is 5.18. The Morgan fingerprint density at radius 2 is 2.14 bits per heavy atom. The Morgan fingerprint density at radius 1 is 1.43 bits per heavy atom. The number of aromatic nitrogens is 2. The van der Waals surface area contributed by atoms with E-state index < -0.39 is 0 Å². The summed E-state index contributed by atoms with van der Waals surface area (Å²) >= 11 is 0. The predicted molar refractivity (Wildman–Crippen MR) is 59.1 cm³/mol. The van der Waals surface area contributed by atoms with Crippen molar-refractivity contribution in [2.75, 3.05) is 0 Å². The number of unbranched alkanes of at least 4 members (excludes halogenated alkanes) is 1. The molecule has 2 nitrogen and oxygen atoms in total. The van der Waals surface area contributed by atoms with E-state index >= 15 is 0 Å². The smallest absolute Gasteiger partial charge is 0.237 e. The molecule has 0 aliphatic rings. The molecule has 0 aromatic carbocycles. The molecule has 0 fully saturated rings. The van der Waals surface area contributed by atoms with Crippen LogP contribution in [-0.2, 0) is 14.1 Å². The van der Waals surface area contributed by atoms with Gasteiger partial charge in [-0.2, -0.15) is 0 Å². The van der Waals surface area contributed by atoms with Crippen LogP contribution in [0.1, 0.15) is 51.3 Å². The molecule has 0 N–H and O–H groups in total. The number of aryl methyl sites for hydroxylation is 2. The zero-order valence-corrected chi connectivity index (χ0v) is 9.95. The maximum Gasteiger partial charge on any atom is 0.259 e. The van der Waals surface area contributed by atoms with Crippen molar-refractivity contribution in [1.29, 1.82) is 0 Å². The molecular weight excluding hydrogens is 172 g/mol. The van der Waals surface area contributed by atoms with Gasteiger partial charge in [0.15, 0.2) is 0 Å². The van der Waals surface area contributed by atoms with E-state index in [0.717, 1.165) is 5.92 Å². The Kier molecular flexibility index (Phi) is 4.18. The molecule has 0 amide bonds. The molecule has 1 aromatic rings. The Morgan fingerprint density at radius 3 is 2.57 bits per heavy atom. The average Bonchev–Trinajstić information content (AvgIpc) is 2.50. The first-order chi connectivity index (χ1) is 6.70. The first kappa shape index (κ1) is 11.3. The molecule has 1 unspecified atom stereocenters. The van der Waals surface area contributed by atoms with E-state index in [9.17, 15) is 0 Å². The maximum absolute atomic E-state index is 2.29. The van der Waals surface area contributed by atoms with E-state index in [0.29, 0.717) is 0 Å². The van der Waals surface area contributed by atoms with Gasteiger partial charge in [0.1, 0.15) is 12.4 Å². The molecule has 80 valence electrons. The Balaban J connectivity index is 2.77. The summed E-state index contributed by atoms with van der Waals surface area (Å²) in [6.07, 6.45) is 9.48. The van der Waals surface area contributed by atoms with Crippen molar-refractivity contribution >= 4 is 0 Å². The quantitative estimate of drug-likeness (QED) is 0.638. The average molecular weight is 195 g/mol. The van der Waals surface area contributed by atoms with Gasteiger partial charge in [0.2, 0.25) is 0 Å². The molecule has 1 aromatic heterocycles. The van der Waals surface area contributed by atoms with E-state index in [1.54, 1.807) is 0 Å². The molecular formula is C12H23N2+. The normalized spacial score (nSPS) is 13.1. The highest BCUT2D eigenvalue weighted by Crippen LogP contribution is 2.22. The van der Waals surface area contributed by atoms with Crippen LogP contribution in [0.3, 0.4) is 0 Å². The third-order valence-electron chi connectivity index (χ3n) is 3.00. The van der Waals surface area contributed by atoms with Crippen LogP contribution in [0.5, 0.6) is 0 Å². The summed E-state index contributed by atoms with van der Waals surface area (Å²) in [7, 11) is 4.29. The van der Waals surface area contributed by atoms with Crippen molar-refractivity contribution < 1.29 is 4.57 Å². The van der Waals surface area contributed by atoms with E-state index in [-0.39, 0.29) is 0 Å². The van der Waals surface area contributed by atoms with Crippen molar-refractivity contribution in [3.63, 3.8) is 0 Å². The highest BCUT2D eigenvalue weighted by molar-refractivity contribution is 4.92. The van der Waals surface area contributed by atoms with E-state index in [4.69, 9.17) is 0 Å². The summed E-state index contributed by atoms with van der Waals surface area (Å²) in [5.41, 5.74) is 0. The number of hydrogen-bond donors (Lipinski definition) is 0. The van der Waals surface area contributed by atoms with E-state index in [1.165, 1.54) is 31.5 Å². The standard InChI is InChI=1S/C12H23N2/c1-5-7-8-11(6-2)12-13(3)9-10-14(12)4/h9-11H,5-8H2,1-4H3/q+1. The van der Waals surface area contributed by atoms with E-state index in [1.807, 2.05) is 0 Å². The molecule has 14 heavy (non-hydrogen) atoms. The molecule has 0 aliphatic heterocycles. The second-order valence-electron chi connectivity index (χ2n) is 4.13. The summed E-state index contributed by atoms with van der Waals surface area (Å²) in [4.78, 5) is 0. The molecule has 0 saturated carbocycles. The summed E-state index contributed by atoms with van der Waals surface area (Å²) in [5.74, 6) is 2.18. The fourth-order valence-corrected chi connectivity index (χ4v) is 2.14. The minimum absolute atomic E-state index is 0.722. The maximum atomic E-state index is 2.29. The number of nitrogens with zero attached hydrogens (tertiary/aromatic N) is 2. The van der Waals surface area contributed by atoms with Gasteiger partial charge in [0.05, 0.1) is 20.0 Å². The van der Waals surface area contributed by atoms with Crippen molar-refractivity contribution in [1.82, 2.24) is 4.57 Å². The molecule has 0 radical (unpaired) electrons. The van der Waals surface area contributed by atoms with Crippen LogP contribution >= 0.6 is 0 Å². The Hall–Kier alpha value is -0.790. The topological polar surface area (TPSA) is 8.81 Å². The van der Waals surface area contributed by atoms with Crippen LogP contribution in [-0.4, -0.2) is 4.57 Å². The highest BCUT2D eigenvalue weighted by Gasteiger charge is 2.21. The Labute approximate surface area is 87.6 Å². The summed E-state index contributed by atoms with van der Waals surface area (Å²) in [6, 6.07) is 0. The molecule has 0 aliphatic carbocycles. The van der Waals surface area contributed by atoms with Crippen LogP contribution < -0.4 is 4.57 Å². The van der Waals surface area contributed by atoms with E-state index in [2.05, 4.69) is 49.5 Å². The minimum Gasteiger partial charge on any atom is -0.237 e. The first-order valence-corrected chi connectivity index (χ1v) is 5.71. The van der Waals surface area contributed by atoms with Gasteiger partial charge in [-0.15, -0.1) is 0 Å². The molecule has 0 saturated heterocycles. The number of imidazole rings is 1. The molecule has 0 spiro atoms. The van der Waals surface area contributed by atoms with Gasteiger partial charge in [-0.1, -0.05) is 26.7 Å². The van der Waals surface area contributed by atoms with Crippen molar-refractivity contribution in [2.45, 2.75) is 45.4 Å². The summed E-state index contributed by atoms with van der Waals surface area (Å²) in [5, 5.41) is 0. The van der Waals surface area contributed by atoms with Crippen LogP contribution in [0.4, 0.5) is 0 Å². The van der Waals surface area contributed by atoms with Gasteiger partial charge in [0.25, 0.3) is 5.82 Å². The largest absolute Gasteiger partial charge is 0.259 e. The van der Waals surface area contributed by atoms with Crippen LogP contribution in [0.2, 0.25) is 0 Å². The van der Waals surface area contributed by atoms with Crippen LogP contribution in [0.25, 0.3) is 0 Å². The lowest BCUT2D eigenvalue weighted by molar-refractivity contribution is -0.680. The lowest BCUT2D eigenvalue weighted by Gasteiger charge is -2.11. The van der Waals surface area contributed by atoms with Gasteiger partial charge in [-0.05, 0) is 12.8 Å². The minimum atomic E-state index is 0.722. The monoisotopic (exact) mass is 195 g/mol. The third kappa shape index (κ3) is 2.37. The predicted octanol–water partition coefficient (Wildman–Crippen LogP) is 2.53. The highest BCUT2D eigenvalue weighted by atomic mass is 15.1. The fourth-order valence-electron chi connectivity index (χ4n) is 2.14. The van der Waals surface area contributed by atoms with Crippen molar-refractivity contribution in [3.05, 3.63) is 18.2 Å². The Bertz CT molecular complexity index is 256. The van der Waals surface area contributed by atoms with Gasteiger partial charge in [-0.3, -0.25) is 0 Å². The first-order valence-electron chi connectivity index (χ1n) is 5.71. The summed E-state index contributed by atoms with van der Waals surface area (Å²) in [6.45, 7) is 4.55. The molecule has 1 heterocycles. The van der Waals surface area contributed by atoms with Gasteiger partial charge in [-0.25, -0.2) is 9.13 Å². The fraction of sp³-hybridized carbons (Fsp3) is 0.750. The van der Waals surface area contributed by atoms with Crippen LogP contribution in [0.15, 0.2) is 12.4 Å².